The van der Waals surface area contributed by atoms with Crippen molar-refractivity contribution in [2.24, 2.45) is 5.92 Å². The van der Waals surface area contributed by atoms with Crippen LogP contribution in [-0.4, -0.2) is 43.9 Å². The van der Waals surface area contributed by atoms with E-state index in [1.54, 1.807) is 4.90 Å². The average Bonchev–Trinajstić information content (AvgIpc) is 3.09. The van der Waals surface area contributed by atoms with Gasteiger partial charge in [0.1, 0.15) is 0 Å². The van der Waals surface area contributed by atoms with E-state index in [1.807, 2.05) is 48.5 Å². The molecule has 0 aliphatic carbocycles. The van der Waals surface area contributed by atoms with Gasteiger partial charge in [0, 0.05) is 30.9 Å². The molecule has 0 spiro atoms. The van der Waals surface area contributed by atoms with Gasteiger partial charge in [-0.2, -0.15) is 0 Å². The molecular weight excluding hydrogens is 350 g/mol. The number of aryl methyl sites for hydroxylation is 1. The molecule has 1 saturated heterocycles. The summed E-state index contributed by atoms with van der Waals surface area (Å²) < 4.78 is 0. The third kappa shape index (κ3) is 4.98. The lowest BCUT2D eigenvalue weighted by Gasteiger charge is -2.17. The minimum absolute atomic E-state index is 0.00318. The first-order valence-electron chi connectivity index (χ1n) is 9.90. The lowest BCUT2D eigenvalue weighted by Crippen LogP contribution is -2.28. The predicted octanol–water partition coefficient (Wildman–Crippen LogP) is 3.34. The number of nitrogens with one attached hydrogen (secondary N) is 1. The molecule has 5 heteroatoms. The fourth-order valence-corrected chi connectivity index (χ4v) is 3.40. The molecule has 1 N–H and O–H groups in total. The van der Waals surface area contributed by atoms with Crippen LogP contribution < -0.4 is 10.2 Å². The van der Waals surface area contributed by atoms with Crippen LogP contribution in [0.25, 0.3) is 0 Å². The number of nitrogens with zero attached hydrogens (tertiary/aromatic N) is 2. The molecule has 1 heterocycles. The van der Waals surface area contributed by atoms with Gasteiger partial charge in [0.15, 0.2) is 0 Å². The number of hydrogen-bond donors (Lipinski definition) is 1. The number of anilines is 2. The van der Waals surface area contributed by atoms with Crippen molar-refractivity contribution in [2.75, 3.05) is 37.4 Å². The van der Waals surface area contributed by atoms with Gasteiger partial charge in [-0.15, -0.1) is 0 Å². The Balaban J connectivity index is 1.58. The van der Waals surface area contributed by atoms with E-state index in [4.69, 9.17) is 0 Å². The second kappa shape index (κ2) is 9.02. The Morgan fingerprint density at radius 2 is 1.71 bits per heavy atom. The summed E-state index contributed by atoms with van der Waals surface area (Å²) in [5.74, 6) is -0.419. The highest BCUT2D eigenvalue weighted by Crippen LogP contribution is 2.26. The Morgan fingerprint density at radius 3 is 2.32 bits per heavy atom. The number of amides is 2. The van der Waals surface area contributed by atoms with Crippen molar-refractivity contribution < 1.29 is 9.59 Å². The van der Waals surface area contributed by atoms with E-state index >= 15 is 0 Å². The van der Waals surface area contributed by atoms with E-state index in [-0.39, 0.29) is 24.2 Å². The third-order valence-corrected chi connectivity index (χ3v) is 5.22. The van der Waals surface area contributed by atoms with Gasteiger partial charge in [-0.1, -0.05) is 31.2 Å². The highest BCUT2D eigenvalue weighted by atomic mass is 16.2. The van der Waals surface area contributed by atoms with Crippen LogP contribution in [0.1, 0.15) is 24.5 Å². The van der Waals surface area contributed by atoms with E-state index in [1.165, 1.54) is 11.1 Å². The number of carbonyl (C=O) groups excluding carboxylic acids is 2. The monoisotopic (exact) mass is 379 g/mol. The number of likely N-dealkylation sites (N-methyl/N-ethyl adjacent to an activating group) is 1. The maximum atomic E-state index is 12.6. The zero-order valence-corrected chi connectivity index (χ0v) is 16.9. The van der Waals surface area contributed by atoms with Gasteiger partial charge in [-0.3, -0.25) is 9.59 Å². The Hall–Kier alpha value is -2.66. The Kier molecular flexibility index (Phi) is 6.47. The van der Waals surface area contributed by atoms with Gasteiger partial charge in [-0.05, 0) is 62.3 Å². The number of benzene rings is 2. The first kappa shape index (κ1) is 20.1. The molecule has 1 aliphatic rings. The zero-order chi connectivity index (χ0) is 20.1. The van der Waals surface area contributed by atoms with Crippen molar-refractivity contribution in [3.05, 3.63) is 59.7 Å². The maximum Gasteiger partial charge on any atom is 0.229 e. The number of rotatable bonds is 7. The molecule has 3 rings (SSSR count). The Bertz CT molecular complexity index is 813. The van der Waals surface area contributed by atoms with E-state index in [2.05, 4.69) is 31.2 Å². The van der Waals surface area contributed by atoms with Gasteiger partial charge < -0.3 is 15.1 Å². The van der Waals surface area contributed by atoms with Gasteiger partial charge in [0.25, 0.3) is 0 Å². The molecule has 1 aliphatic heterocycles. The molecule has 0 aromatic heterocycles. The summed E-state index contributed by atoms with van der Waals surface area (Å²) in [5, 5.41) is 2.96. The van der Waals surface area contributed by atoms with Crippen molar-refractivity contribution >= 4 is 23.2 Å². The van der Waals surface area contributed by atoms with Gasteiger partial charge in [0.2, 0.25) is 11.8 Å². The van der Waals surface area contributed by atoms with Crippen LogP contribution in [0.15, 0.2) is 48.5 Å². The molecule has 0 bridgehead atoms. The maximum absolute atomic E-state index is 12.6. The normalized spacial score (nSPS) is 16.6. The molecule has 28 heavy (non-hydrogen) atoms. The summed E-state index contributed by atoms with van der Waals surface area (Å²) in [6, 6.07) is 15.9. The largest absolute Gasteiger partial charge is 0.326 e. The third-order valence-electron chi connectivity index (χ3n) is 5.22. The van der Waals surface area contributed by atoms with Crippen molar-refractivity contribution in [1.82, 2.24) is 4.90 Å². The second-order valence-electron chi connectivity index (χ2n) is 7.66. The summed E-state index contributed by atoms with van der Waals surface area (Å²) in [6.45, 7) is 3.52. The van der Waals surface area contributed by atoms with Gasteiger partial charge >= 0.3 is 0 Å². The average molecular weight is 380 g/mol. The van der Waals surface area contributed by atoms with E-state index in [0.29, 0.717) is 6.54 Å². The summed E-state index contributed by atoms with van der Waals surface area (Å²) >= 11 is 0. The molecule has 2 amide bonds. The standard InChI is InChI=1S/C23H29N3O2/c1-4-17-7-11-21(12-8-17)26-16-19(15-22(26)27)23(28)24-20-9-5-18(6-10-20)13-14-25(2)3/h5-12,19H,4,13-16H2,1-3H3,(H,24,28). The van der Waals surface area contributed by atoms with Crippen LogP contribution >= 0.6 is 0 Å². The summed E-state index contributed by atoms with van der Waals surface area (Å²) in [5.41, 5.74) is 4.11. The Labute approximate surface area is 167 Å². The lowest BCUT2D eigenvalue weighted by atomic mass is 10.1. The van der Waals surface area contributed by atoms with Gasteiger partial charge in [-0.25, -0.2) is 0 Å². The molecule has 2 aromatic rings. The molecule has 1 atom stereocenters. The van der Waals surface area contributed by atoms with Crippen LogP contribution in [-0.2, 0) is 22.4 Å². The highest BCUT2D eigenvalue weighted by Gasteiger charge is 2.35. The fraction of sp³-hybridized carbons (Fsp3) is 0.391. The van der Waals surface area contributed by atoms with Crippen molar-refractivity contribution in [2.45, 2.75) is 26.2 Å². The molecule has 1 unspecified atom stereocenters. The topological polar surface area (TPSA) is 52.7 Å². The van der Waals surface area contributed by atoms with Crippen molar-refractivity contribution in [1.29, 1.82) is 0 Å². The molecule has 0 saturated carbocycles. The van der Waals surface area contributed by atoms with Crippen LogP contribution in [0.5, 0.6) is 0 Å². The predicted molar refractivity (Wildman–Crippen MR) is 114 cm³/mol. The highest BCUT2D eigenvalue weighted by molar-refractivity contribution is 6.03. The number of hydrogen-bond acceptors (Lipinski definition) is 3. The smallest absolute Gasteiger partial charge is 0.229 e. The molecule has 1 fully saturated rings. The lowest BCUT2D eigenvalue weighted by molar-refractivity contribution is -0.122. The molecule has 148 valence electrons. The quantitative estimate of drug-likeness (QED) is 0.803. The molecule has 5 nitrogen and oxygen atoms in total. The van der Waals surface area contributed by atoms with Crippen LogP contribution in [0.4, 0.5) is 11.4 Å². The summed E-state index contributed by atoms with van der Waals surface area (Å²) in [6.07, 6.45) is 2.19. The van der Waals surface area contributed by atoms with Crippen molar-refractivity contribution in [3.8, 4) is 0 Å². The fourth-order valence-electron chi connectivity index (χ4n) is 3.40. The van der Waals surface area contributed by atoms with E-state index in [0.717, 1.165) is 30.8 Å². The minimum Gasteiger partial charge on any atom is -0.326 e. The van der Waals surface area contributed by atoms with Crippen LogP contribution in [0.3, 0.4) is 0 Å². The molecule has 2 aromatic carbocycles. The molecular formula is C23H29N3O2. The number of carbonyl (C=O) groups is 2. The van der Waals surface area contributed by atoms with E-state index in [9.17, 15) is 9.59 Å². The first-order valence-corrected chi connectivity index (χ1v) is 9.90. The van der Waals surface area contributed by atoms with Gasteiger partial charge in [0.05, 0.1) is 5.92 Å². The summed E-state index contributed by atoms with van der Waals surface area (Å²) in [4.78, 5) is 28.9. The minimum atomic E-state index is -0.327. The summed E-state index contributed by atoms with van der Waals surface area (Å²) in [7, 11) is 4.11. The van der Waals surface area contributed by atoms with E-state index < -0.39 is 0 Å². The SMILES string of the molecule is CCc1ccc(N2CC(C(=O)Nc3ccc(CCN(C)C)cc3)CC2=O)cc1. The van der Waals surface area contributed by atoms with Crippen LogP contribution in [0, 0.1) is 5.92 Å². The Morgan fingerprint density at radius 1 is 1.07 bits per heavy atom. The first-order chi connectivity index (χ1) is 13.5. The zero-order valence-electron chi connectivity index (χ0n) is 16.9. The molecule has 0 radical (unpaired) electrons. The van der Waals surface area contributed by atoms with Crippen LogP contribution in [0.2, 0.25) is 0 Å². The van der Waals surface area contributed by atoms with Crippen molar-refractivity contribution in [3.63, 3.8) is 0 Å². The second-order valence-corrected chi connectivity index (χ2v) is 7.66.